The molecule has 0 aliphatic heterocycles. The number of alkyl halides is 3. The number of benzene rings is 1. The Balaban J connectivity index is 1.83. The van der Waals surface area contributed by atoms with Gasteiger partial charge in [0.25, 0.3) is 0 Å². The van der Waals surface area contributed by atoms with Crippen LogP contribution in [-0.4, -0.2) is 44.9 Å². The van der Waals surface area contributed by atoms with E-state index in [0.29, 0.717) is 19.0 Å². The molecule has 1 aromatic heterocycles. The molecule has 2 rings (SSSR count). The molecule has 0 aliphatic carbocycles. The molecule has 1 aromatic carbocycles. The predicted molar refractivity (Wildman–Crippen MR) is 104 cm³/mol. The zero-order valence-corrected chi connectivity index (χ0v) is 16.0. The molecule has 6 nitrogen and oxygen atoms in total. The second kappa shape index (κ2) is 9.82. The van der Waals surface area contributed by atoms with E-state index in [2.05, 4.69) is 20.6 Å². The van der Waals surface area contributed by atoms with Crippen LogP contribution in [0.3, 0.4) is 0 Å². The third kappa shape index (κ3) is 7.34. The number of pyridine rings is 1. The summed E-state index contributed by atoms with van der Waals surface area (Å²) in [5.74, 6) is 1.66. The van der Waals surface area contributed by atoms with Crippen molar-refractivity contribution in [1.82, 2.24) is 15.6 Å². The van der Waals surface area contributed by atoms with E-state index in [1.54, 1.807) is 25.4 Å². The maximum absolute atomic E-state index is 12.2. The van der Waals surface area contributed by atoms with Crippen LogP contribution in [0, 0.1) is 0 Å². The number of ether oxygens (including phenoxy) is 1. The fraction of sp³-hybridized carbons (Fsp3) is 0.368. The number of nitrogens with zero attached hydrogens (tertiary/aromatic N) is 3. The first-order chi connectivity index (χ1) is 13.3. The second-order valence-electron chi connectivity index (χ2n) is 6.24. The smallest absolute Gasteiger partial charge is 0.422 e. The van der Waals surface area contributed by atoms with Crippen LogP contribution in [0.4, 0.5) is 19.0 Å². The lowest BCUT2D eigenvalue weighted by atomic mass is 10.2. The summed E-state index contributed by atoms with van der Waals surface area (Å²) in [6.45, 7) is -0.253. The summed E-state index contributed by atoms with van der Waals surface area (Å²) in [5.41, 5.74) is 1.95. The first kappa shape index (κ1) is 21.3. The molecule has 28 heavy (non-hydrogen) atoms. The maximum Gasteiger partial charge on any atom is 0.422 e. The van der Waals surface area contributed by atoms with Crippen molar-refractivity contribution in [3.8, 4) is 5.75 Å². The number of halogens is 3. The third-order valence-electron chi connectivity index (χ3n) is 3.74. The van der Waals surface area contributed by atoms with Gasteiger partial charge in [0, 0.05) is 40.4 Å². The van der Waals surface area contributed by atoms with Crippen LogP contribution in [0.2, 0.25) is 0 Å². The highest BCUT2D eigenvalue weighted by Crippen LogP contribution is 2.18. The summed E-state index contributed by atoms with van der Waals surface area (Å²) in [6, 6.07) is 10.3. The number of aromatic nitrogens is 1. The van der Waals surface area contributed by atoms with Gasteiger partial charge in [-0.15, -0.1) is 0 Å². The molecule has 1 heterocycles. The van der Waals surface area contributed by atoms with Crippen molar-refractivity contribution in [2.75, 3.05) is 32.6 Å². The Bertz CT molecular complexity index is 776. The molecule has 152 valence electrons. The van der Waals surface area contributed by atoms with Crippen LogP contribution in [-0.2, 0) is 13.1 Å². The first-order valence-electron chi connectivity index (χ1n) is 8.62. The number of rotatable bonds is 7. The van der Waals surface area contributed by atoms with Crippen molar-refractivity contribution in [2.45, 2.75) is 19.3 Å². The van der Waals surface area contributed by atoms with Crippen molar-refractivity contribution in [3.63, 3.8) is 0 Å². The van der Waals surface area contributed by atoms with Crippen molar-refractivity contribution >= 4 is 11.8 Å². The molecular weight excluding hydrogens is 371 g/mol. The normalized spacial score (nSPS) is 11.9. The molecule has 0 atom stereocenters. The van der Waals surface area contributed by atoms with Crippen molar-refractivity contribution in [3.05, 3.63) is 53.7 Å². The van der Waals surface area contributed by atoms with E-state index in [1.807, 2.05) is 31.1 Å². The monoisotopic (exact) mass is 395 g/mol. The van der Waals surface area contributed by atoms with E-state index in [-0.39, 0.29) is 5.75 Å². The molecule has 0 radical (unpaired) electrons. The van der Waals surface area contributed by atoms with Gasteiger partial charge >= 0.3 is 6.18 Å². The molecule has 0 fully saturated rings. The number of anilines is 1. The maximum atomic E-state index is 12.2. The minimum absolute atomic E-state index is 0.179. The fourth-order valence-electron chi connectivity index (χ4n) is 2.28. The quantitative estimate of drug-likeness (QED) is 0.558. The van der Waals surface area contributed by atoms with Crippen molar-refractivity contribution < 1.29 is 17.9 Å². The largest absolute Gasteiger partial charge is 0.484 e. The van der Waals surface area contributed by atoms with E-state index in [4.69, 9.17) is 4.74 Å². The Morgan fingerprint density at radius 3 is 2.29 bits per heavy atom. The summed E-state index contributed by atoms with van der Waals surface area (Å²) >= 11 is 0. The molecule has 0 bridgehead atoms. The van der Waals surface area contributed by atoms with Crippen LogP contribution in [0.15, 0.2) is 47.6 Å². The van der Waals surface area contributed by atoms with Crippen molar-refractivity contribution in [1.29, 1.82) is 0 Å². The van der Waals surface area contributed by atoms with Gasteiger partial charge in [-0.2, -0.15) is 13.2 Å². The van der Waals surface area contributed by atoms with E-state index >= 15 is 0 Å². The lowest BCUT2D eigenvalue weighted by molar-refractivity contribution is -0.153. The van der Waals surface area contributed by atoms with Gasteiger partial charge in [0.15, 0.2) is 12.6 Å². The third-order valence-corrected chi connectivity index (χ3v) is 3.74. The van der Waals surface area contributed by atoms with E-state index < -0.39 is 12.8 Å². The molecule has 0 saturated heterocycles. The standard InChI is InChI=1S/C19H24F3N5O/c1-23-18(26-12-15-8-9-24-17(10-15)27(2)3)25-11-14-4-6-16(7-5-14)28-13-19(20,21)22/h4-10H,11-13H2,1-3H3,(H2,23,25,26). The molecule has 2 N–H and O–H groups in total. The highest BCUT2D eigenvalue weighted by molar-refractivity contribution is 5.79. The van der Waals surface area contributed by atoms with Gasteiger partial charge < -0.3 is 20.3 Å². The number of hydrogen-bond donors (Lipinski definition) is 2. The Morgan fingerprint density at radius 2 is 1.71 bits per heavy atom. The van der Waals surface area contributed by atoms with Gasteiger partial charge in [0.05, 0.1) is 0 Å². The minimum atomic E-state index is -4.35. The van der Waals surface area contributed by atoms with E-state index in [0.717, 1.165) is 16.9 Å². The van der Waals surface area contributed by atoms with E-state index in [9.17, 15) is 13.2 Å². The Labute approximate surface area is 162 Å². The Kier molecular flexibility index (Phi) is 7.48. The summed E-state index contributed by atoms with van der Waals surface area (Å²) in [4.78, 5) is 10.4. The lowest BCUT2D eigenvalue weighted by Gasteiger charge is -2.15. The average Bonchev–Trinajstić information content (AvgIpc) is 2.67. The van der Waals surface area contributed by atoms with Crippen LogP contribution in [0.5, 0.6) is 5.75 Å². The number of aliphatic imine (C=N–C) groups is 1. The molecule has 0 amide bonds. The van der Waals surface area contributed by atoms with Gasteiger partial charge in [-0.3, -0.25) is 4.99 Å². The fourth-order valence-corrected chi connectivity index (χ4v) is 2.28. The zero-order chi connectivity index (χ0) is 20.6. The molecular formula is C19H24F3N5O. The minimum Gasteiger partial charge on any atom is -0.484 e. The number of hydrogen-bond acceptors (Lipinski definition) is 4. The molecule has 9 heteroatoms. The molecule has 0 saturated carbocycles. The Morgan fingerprint density at radius 1 is 1.07 bits per heavy atom. The topological polar surface area (TPSA) is 61.8 Å². The summed E-state index contributed by atoms with van der Waals surface area (Å²) in [7, 11) is 5.53. The molecule has 2 aromatic rings. The van der Waals surface area contributed by atoms with Gasteiger partial charge in [-0.25, -0.2) is 4.98 Å². The summed E-state index contributed by atoms with van der Waals surface area (Å²) in [6.07, 6.45) is -2.59. The predicted octanol–water partition coefficient (Wildman–Crippen LogP) is 2.95. The second-order valence-corrected chi connectivity index (χ2v) is 6.24. The van der Waals surface area contributed by atoms with Gasteiger partial charge in [0.2, 0.25) is 0 Å². The average molecular weight is 395 g/mol. The van der Waals surface area contributed by atoms with Gasteiger partial charge in [-0.1, -0.05) is 12.1 Å². The van der Waals surface area contributed by atoms with Crippen LogP contribution >= 0.6 is 0 Å². The van der Waals surface area contributed by atoms with Gasteiger partial charge in [0.1, 0.15) is 11.6 Å². The number of guanidine groups is 1. The first-order valence-corrected chi connectivity index (χ1v) is 8.62. The van der Waals surface area contributed by atoms with Crippen LogP contribution in [0.1, 0.15) is 11.1 Å². The zero-order valence-electron chi connectivity index (χ0n) is 16.0. The van der Waals surface area contributed by atoms with Crippen LogP contribution in [0.25, 0.3) is 0 Å². The highest BCUT2D eigenvalue weighted by atomic mass is 19.4. The molecule has 0 spiro atoms. The highest BCUT2D eigenvalue weighted by Gasteiger charge is 2.28. The lowest BCUT2D eigenvalue weighted by Crippen LogP contribution is -2.36. The van der Waals surface area contributed by atoms with Crippen molar-refractivity contribution in [2.24, 2.45) is 4.99 Å². The van der Waals surface area contributed by atoms with E-state index in [1.165, 1.54) is 12.1 Å². The molecule has 0 aliphatic rings. The molecule has 0 unspecified atom stereocenters. The van der Waals surface area contributed by atoms with Crippen LogP contribution < -0.4 is 20.3 Å². The summed E-state index contributed by atoms with van der Waals surface area (Å²) < 4.78 is 41.2. The summed E-state index contributed by atoms with van der Waals surface area (Å²) in [5, 5.41) is 6.37. The number of nitrogens with one attached hydrogen (secondary N) is 2. The SMILES string of the molecule is CN=C(NCc1ccc(OCC(F)(F)F)cc1)NCc1ccnc(N(C)C)c1. The Hall–Kier alpha value is -2.97. The van der Waals surface area contributed by atoms with Gasteiger partial charge in [-0.05, 0) is 35.4 Å².